The summed E-state index contributed by atoms with van der Waals surface area (Å²) < 4.78 is 0. The van der Waals surface area contributed by atoms with E-state index in [0.29, 0.717) is 5.41 Å². The van der Waals surface area contributed by atoms with E-state index >= 15 is 0 Å². The van der Waals surface area contributed by atoms with Gasteiger partial charge in [0.15, 0.2) is 0 Å². The van der Waals surface area contributed by atoms with E-state index < -0.39 is 0 Å². The minimum Gasteiger partial charge on any atom is -0.0599 e. The predicted octanol–water partition coefficient (Wildman–Crippen LogP) is 3.86. The van der Waals surface area contributed by atoms with Crippen LogP contribution in [0.15, 0.2) is 0 Å². The molecule has 2 saturated carbocycles. The van der Waals surface area contributed by atoms with Crippen LogP contribution in [-0.4, -0.2) is 0 Å². The Kier molecular flexibility index (Phi) is 1.97. The molecule has 0 amide bonds. The van der Waals surface area contributed by atoms with E-state index in [1.54, 1.807) is 0 Å². The molecular weight excluding hydrogens is 144 g/mol. The van der Waals surface area contributed by atoms with E-state index in [1.165, 1.54) is 32.1 Å². The molecule has 2 aliphatic carbocycles. The molecule has 0 saturated heterocycles. The van der Waals surface area contributed by atoms with Gasteiger partial charge >= 0.3 is 0 Å². The first kappa shape index (κ1) is 8.59. The number of fused-ring (bicyclic) bond motifs is 1. The van der Waals surface area contributed by atoms with Crippen LogP contribution in [0, 0.1) is 23.2 Å². The molecule has 0 N–H and O–H groups in total. The Balaban J connectivity index is 2.09. The molecule has 0 bridgehead atoms. The summed E-state index contributed by atoms with van der Waals surface area (Å²) in [7, 11) is 0. The number of rotatable bonds is 0. The van der Waals surface area contributed by atoms with Gasteiger partial charge in [0.1, 0.15) is 0 Å². The first-order chi connectivity index (χ1) is 5.59. The highest BCUT2D eigenvalue weighted by Gasteiger charge is 2.43. The molecule has 12 heavy (non-hydrogen) atoms. The van der Waals surface area contributed by atoms with Crippen molar-refractivity contribution >= 4 is 0 Å². The summed E-state index contributed by atoms with van der Waals surface area (Å²) in [4.78, 5) is 0. The van der Waals surface area contributed by atoms with Crippen LogP contribution in [0.2, 0.25) is 0 Å². The van der Waals surface area contributed by atoms with Crippen LogP contribution in [0.4, 0.5) is 0 Å². The van der Waals surface area contributed by atoms with Crippen molar-refractivity contribution in [2.45, 2.75) is 52.9 Å². The van der Waals surface area contributed by atoms with Crippen molar-refractivity contribution in [1.82, 2.24) is 0 Å². The van der Waals surface area contributed by atoms with E-state index in [4.69, 9.17) is 0 Å². The van der Waals surface area contributed by atoms with Crippen LogP contribution in [0.25, 0.3) is 0 Å². The molecule has 0 radical (unpaired) electrons. The molecule has 0 aromatic carbocycles. The maximum absolute atomic E-state index is 2.43. The third kappa shape index (κ3) is 1.30. The van der Waals surface area contributed by atoms with Crippen LogP contribution in [-0.2, 0) is 0 Å². The number of hydrogen-bond donors (Lipinski definition) is 0. The quantitative estimate of drug-likeness (QED) is 0.512. The molecule has 0 spiro atoms. The Bertz CT molecular complexity index is 163. The normalized spacial score (nSPS) is 41.8. The topological polar surface area (TPSA) is 0 Å². The summed E-state index contributed by atoms with van der Waals surface area (Å²) in [6, 6.07) is 0. The van der Waals surface area contributed by atoms with Crippen molar-refractivity contribution in [2.75, 3.05) is 0 Å². The molecule has 3 unspecified atom stereocenters. The van der Waals surface area contributed by atoms with Crippen molar-refractivity contribution in [1.29, 1.82) is 0 Å². The highest BCUT2D eigenvalue weighted by atomic mass is 14.5. The first-order valence-electron chi connectivity index (χ1n) is 5.59. The van der Waals surface area contributed by atoms with Gasteiger partial charge in [-0.15, -0.1) is 0 Å². The average molecular weight is 166 g/mol. The first-order valence-corrected chi connectivity index (χ1v) is 5.59. The van der Waals surface area contributed by atoms with Crippen molar-refractivity contribution in [3.05, 3.63) is 0 Å². The SMILES string of the molecule is CC(C)(C)C1CCC2CCCC21. The van der Waals surface area contributed by atoms with Crippen LogP contribution >= 0.6 is 0 Å². The zero-order valence-electron chi connectivity index (χ0n) is 8.77. The molecule has 0 aromatic rings. The Morgan fingerprint density at radius 2 is 1.67 bits per heavy atom. The number of hydrogen-bond acceptors (Lipinski definition) is 0. The van der Waals surface area contributed by atoms with Gasteiger partial charge < -0.3 is 0 Å². The Morgan fingerprint density at radius 3 is 2.33 bits per heavy atom. The molecule has 2 aliphatic rings. The van der Waals surface area contributed by atoms with Gasteiger partial charge in [-0.3, -0.25) is 0 Å². The van der Waals surface area contributed by atoms with Gasteiger partial charge in [0.05, 0.1) is 0 Å². The van der Waals surface area contributed by atoms with Crippen LogP contribution in [0.5, 0.6) is 0 Å². The van der Waals surface area contributed by atoms with E-state index in [9.17, 15) is 0 Å². The fourth-order valence-corrected chi connectivity index (χ4v) is 3.64. The average Bonchev–Trinajstić information content (AvgIpc) is 2.37. The van der Waals surface area contributed by atoms with Gasteiger partial charge in [-0.1, -0.05) is 33.6 Å². The Morgan fingerprint density at radius 1 is 0.917 bits per heavy atom. The molecular formula is C12H22. The summed E-state index contributed by atoms with van der Waals surface area (Å²) in [5.41, 5.74) is 0.573. The van der Waals surface area contributed by atoms with Crippen molar-refractivity contribution in [3.8, 4) is 0 Å². The van der Waals surface area contributed by atoms with Crippen LogP contribution in [0.1, 0.15) is 52.9 Å². The van der Waals surface area contributed by atoms with Gasteiger partial charge in [-0.25, -0.2) is 0 Å². The Hall–Kier alpha value is 0. The zero-order valence-corrected chi connectivity index (χ0v) is 8.77. The maximum atomic E-state index is 2.43. The van der Waals surface area contributed by atoms with Crippen LogP contribution < -0.4 is 0 Å². The van der Waals surface area contributed by atoms with E-state index in [1.807, 2.05) is 0 Å². The van der Waals surface area contributed by atoms with Crippen molar-refractivity contribution < 1.29 is 0 Å². The molecule has 70 valence electrons. The smallest absolute Gasteiger partial charge is 0.0334 e. The summed E-state index contributed by atoms with van der Waals surface area (Å²) >= 11 is 0. The minimum absolute atomic E-state index is 0.573. The van der Waals surface area contributed by atoms with E-state index in [2.05, 4.69) is 20.8 Å². The largest absolute Gasteiger partial charge is 0.0599 e. The molecule has 0 aliphatic heterocycles. The zero-order chi connectivity index (χ0) is 8.77. The third-order valence-electron chi connectivity index (χ3n) is 4.20. The lowest BCUT2D eigenvalue weighted by Gasteiger charge is -2.32. The van der Waals surface area contributed by atoms with Gasteiger partial charge in [0, 0.05) is 0 Å². The second-order valence-electron chi connectivity index (χ2n) is 5.90. The Labute approximate surface area is 76.7 Å². The molecule has 2 fully saturated rings. The van der Waals surface area contributed by atoms with Gasteiger partial charge in [0.25, 0.3) is 0 Å². The molecule has 0 nitrogen and oxygen atoms in total. The third-order valence-corrected chi connectivity index (χ3v) is 4.20. The lowest BCUT2D eigenvalue weighted by Crippen LogP contribution is -2.24. The van der Waals surface area contributed by atoms with Crippen molar-refractivity contribution in [2.24, 2.45) is 23.2 Å². The van der Waals surface area contributed by atoms with Gasteiger partial charge in [0.2, 0.25) is 0 Å². The standard InChI is InChI=1S/C12H22/c1-12(2,3)11-8-7-9-5-4-6-10(9)11/h9-11H,4-8H2,1-3H3. The molecule has 3 atom stereocenters. The molecule has 2 rings (SSSR count). The van der Waals surface area contributed by atoms with Gasteiger partial charge in [-0.2, -0.15) is 0 Å². The van der Waals surface area contributed by atoms with Gasteiger partial charge in [-0.05, 0) is 42.4 Å². The minimum atomic E-state index is 0.573. The summed E-state index contributed by atoms with van der Waals surface area (Å²) in [6.45, 7) is 7.29. The van der Waals surface area contributed by atoms with Crippen LogP contribution in [0.3, 0.4) is 0 Å². The molecule has 0 heterocycles. The summed E-state index contributed by atoms with van der Waals surface area (Å²) in [5, 5.41) is 0. The van der Waals surface area contributed by atoms with E-state index in [0.717, 1.165) is 17.8 Å². The fourth-order valence-electron chi connectivity index (χ4n) is 3.64. The molecule has 0 aromatic heterocycles. The highest BCUT2D eigenvalue weighted by Crippen LogP contribution is 2.53. The summed E-state index contributed by atoms with van der Waals surface area (Å²) in [6.07, 6.45) is 7.64. The second-order valence-corrected chi connectivity index (χ2v) is 5.90. The van der Waals surface area contributed by atoms with Crippen molar-refractivity contribution in [3.63, 3.8) is 0 Å². The second kappa shape index (κ2) is 2.75. The summed E-state index contributed by atoms with van der Waals surface area (Å²) in [5.74, 6) is 3.25. The lowest BCUT2D eigenvalue weighted by atomic mass is 9.74. The predicted molar refractivity (Wildman–Crippen MR) is 53.0 cm³/mol. The maximum Gasteiger partial charge on any atom is -0.0334 e. The lowest BCUT2D eigenvalue weighted by molar-refractivity contribution is 0.176. The monoisotopic (exact) mass is 166 g/mol. The highest BCUT2D eigenvalue weighted by molar-refractivity contribution is 4.93. The van der Waals surface area contributed by atoms with E-state index in [-0.39, 0.29) is 0 Å². The fraction of sp³-hybridized carbons (Fsp3) is 1.00. The molecule has 0 heteroatoms.